The molecular formula is C15H19N3O2. The lowest BCUT2D eigenvalue weighted by molar-refractivity contribution is 0.102. The quantitative estimate of drug-likeness (QED) is 0.880. The van der Waals surface area contributed by atoms with Crippen molar-refractivity contribution in [2.45, 2.75) is 20.8 Å². The monoisotopic (exact) mass is 273 g/mol. The molecule has 5 nitrogen and oxygen atoms in total. The number of rotatable bonds is 5. The zero-order valence-electron chi connectivity index (χ0n) is 11.9. The second-order valence-corrected chi connectivity index (χ2v) is 5.06. The standard InChI is InChI=1S/C15H19N3O2/c1-10(2)9-20-14-7-5-4-6-13(14)17-15(19)12-8-16-18-11(12)3/h4-8,10H,9H2,1-3H3,(H,16,18)(H,17,19). The van der Waals surface area contributed by atoms with Crippen LogP contribution in [-0.2, 0) is 0 Å². The molecule has 1 amide bonds. The number of aromatic nitrogens is 2. The Hall–Kier alpha value is -2.30. The van der Waals surface area contributed by atoms with E-state index in [0.717, 1.165) is 5.69 Å². The van der Waals surface area contributed by atoms with Crippen LogP contribution >= 0.6 is 0 Å². The first-order valence-electron chi connectivity index (χ1n) is 6.61. The van der Waals surface area contributed by atoms with E-state index >= 15 is 0 Å². The lowest BCUT2D eigenvalue weighted by atomic mass is 10.2. The average Bonchev–Trinajstić information content (AvgIpc) is 2.84. The van der Waals surface area contributed by atoms with Gasteiger partial charge in [-0.05, 0) is 25.0 Å². The Kier molecular flexibility index (Phi) is 4.40. The lowest BCUT2D eigenvalue weighted by Gasteiger charge is -2.13. The molecule has 0 saturated heterocycles. The van der Waals surface area contributed by atoms with E-state index in [1.807, 2.05) is 31.2 Å². The number of hydrogen-bond donors (Lipinski definition) is 2. The molecule has 0 saturated carbocycles. The van der Waals surface area contributed by atoms with Crippen molar-refractivity contribution < 1.29 is 9.53 Å². The van der Waals surface area contributed by atoms with Crippen LogP contribution in [0.5, 0.6) is 5.75 Å². The summed E-state index contributed by atoms with van der Waals surface area (Å²) in [5.74, 6) is 0.905. The molecule has 0 fully saturated rings. The fourth-order valence-electron chi connectivity index (χ4n) is 1.72. The summed E-state index contributed by atoms with van der Waals surface area (Å²) in [4.78, 5) is 12.2. The van der Waals surface area contributed by atoms with Gasteiger partial charge in [0.25, 0.3) is 5.91 Å². The van der Waals surface area contributed by atoms with Crippen LogP contribution in [0.25, 0.3) is 0 Å². The van der Waals surface area contributed by atoms with E-state index in [1.54, 1.807) is 0 Å². The number of carbonyl (C=O) groups is 1. The number of para-hydroxylation sites is 2. The van der Waals surface area contributed by atoms with Gasteiger partial charge in [0.05, 0.1) is 24.1 Å². The zero-order valence-corrected chi connectivity index (χ0v) is 11.9. The maximum absolute atomic E-state index is 12.2. The number of aromatic amines is 1. The van der Waals surface area contributed by atoms with Crippen LogP contribution < -0.4 is 10.1 Å². The summed E-state index contributed by atoms with van der Waals surface area (Å²) in [5, 5.41) is 9.45. The Bertz CT molecular complexity index is 590. The van der Waals surface area contributed by atoms with Crippen molar-refractivity contribution in [3.63, 3.8) is 0 Å². The molecule has 20 heavy (non-hydrogen) atoms. The maximum Gasteiger partial charge on any atom is 0.259 e. The van der Waals surface area contributed by atoms with Gasteiger partial charge < -0.3 is 10.1 Å². The van der Waals surface area contributed by atoms with Crippen molar-refractivity contribution in [1.29, 1.82) is 0 Å². The predicted molar refractivity (Wildman–Crippen MR) is 78.1 cm³/mol. The van der Waals surface area contributed by atoms with E-state index in [1.165, 1.54) is 6.20 Å². The van der Waals surface area contributed by atoms with Gasteiger partial charge in [0.2, 0.25) is 0 Å². The van der Waals surface area contributed by atoms with Gasteiger partial charge in [0.1, 0.15) is 5.75 Å². The third-order valence-electron chi connectivity index (χ3n) is 2.78. The molecule has 0 aliphatic heterocycles. The molecule has 0 radical (unpaired) electrons. The molecule has 1 aromatic carbocycles. The number of carbonyl (C=O) groups excluding carboxylic acids is 1. The zero-order chi connectivity index (χ0) is 14.5. The largest absolute Gasteiger partial charge is 0.491 e. The van der Waals surface area contributed by atoms with Gasteiger partial charge >= 0.3 is 0 Å². The fraction of sp³-hybridized carbons (Fsp3) is 0.333. The van der Waals surface area contributed by atoms with Gasteiger partial charge in [-0.2, -0.15) is 5.10 Å². The van der Waals surface area contributed by atoms with Crippen molar-refractivity contribution in [3.05, 3.63) is 41.7 Å². The lowest BCUT2D eigenvalue weighted by Crippen LogP contribution is -2.14. The molecule has 1 heterocycles. The molecule has 2 N–H and O–H groups in total. The van der Waals surface area contributed by atoms with E-state index in [2.05, 4.69) is 29.4 Å². The van der Waals surface area contributed by atoms with Crippen LogP contribution in [0.4, 0.5) is 5.69 Å². The van der Waals surface area contributed by atoms with Gasteiger partial charge in [-0.15, -0.1) is 0 Å². The molecule has 0 spiro atoms. The van der Waals surface area contributed by atoms with Gasteiger partial charge in [0, 0.05) is 5.69 Å². The third kappa shape index (κ3) is 3.38. The van der Waals surface area contributed by atoms with Crippen molar-refractivity contribution >= 4 is 11.6 Å². The summed E-state index contributed by atoms with van der Waals surface area (Å²) in [6.45, 7) is 6.58. The summed E-state index contributed by atoms with van der Waals surface area (Å²) in [6, 6.07) is 7.41. The topological polar surface area (TPSA) is 67.0 Å². The Labute approximate surface area is 118 Å². The first-order chi connectivity index (χ1) is 9.58. The number of nitrogens with one attached hydrogen (secondary N) is 2. The SMILES string of the molecule is Cc1[nH]ncc1C(=O)Nc1ccccc1OCC(C)C. The smallest absolute Gasteiger partial charge is 0.259 e. The van der Waals surface area contributed by atoms with Crippen molar-refractivity contribution in [2.24, 2.45) is 5.92 Å². The van der Waals surface area contributed by atoms with Crippen LogP contribution in [0.2, 0.25) is 0 Å². The Balaban J connectivity index is 2.13. The highest BCUT2D eigenvalue weighted by molar-refractivity contribution is 6.05. The van der Waals surface area contributed by atoms with Gasteiger partial charge in [-0.25, -0.2) is 0 Å². The highest BCUT2D eigenvalue weighted by Crippen LogP contribution is 2.25. The second kappa shape index (κ2) is 6.23. The molecule has 2 rings (SSSR count). The van der Waals surface area contributed by atoms with Gasteiger partial charge in [-0.1, -0.05) is 26.0 Å². The number of H-pyrrole nitrogens is 1. The van der Waals surface area contributed by atoms with E-state index in [-0.39, 0.29) is 5.91 Å². The van der Waals surface area contributed by atoms with Crippen molar-refractivity contribution in [2.75, 3.05) is 11.9 Å². The molecule has 0 bridgehead atoms. The molecular weight excluding hydrogens is 254 g/mol. The fourth-order valence-corrected chi connectivity index (χ4v) is 1.72. The van der Waals surface area contributed by atoms with Crippen LogP contribution in [-0.4, -0.2) is 22.7 Å². The molecule has 106 valence electrons. The molecule has 5 heteroatoms. The van der Waals surface area contributed by atoms with Gasteiger partial charge in [-0.3, -0.25) is 9.89 Å². The van der Waals surface area contributed by atoms with Crippen LogP contribution in [0.1, 0.15) is 29.9 Å². The van der Waals surface area contributed by atoms with Crippen LogP contribution in [0, 0.1) is 12.8 Å². The third-order valence-corrected chi connectivity index (χ3v) is 2.78. The Morgan fingerprint density at radius 3 is 2.80 bits per heavy atom. The number of hydrogen-bond acceptors (Lipinski definition) is 3. The summed E-state index contributed by atoms with van der Waals surface area (Å²) >= 11 is 0. The normalized spacial score (nSPS) is 10.6. The number of amides is 1. The number of benzene rings is 1. The first kappa shape index (κ1) is 14.1. The summed E-state index contributed by atoms with van der Waals surface area (Å²) in [5.41, 5.74) is 1.94. The van der Waals surface area contributed by atoms with E-state index < -0.39 is 0 Å². The first-order valence-corrected chi connectivity index (χ1v) is 6.61. The molecule has 2 aromatic rings. The number of aryl methyl sites for hydroxylation is 1. The summed E-state index contributed by atoms with van der Waals surface area (Å²) < 4.78 is 5.71. The van der Waals surface area contributed by atoms with Crippen LogP contribution in [0.3, 0.4) is 0 Å². The van der Waals surface area contributed by atoms with E-state index in [0.29, 0.717) is 29.5 Å². The Morgan fingerprint density at radius 1 is 1.40 bits per heavy atom. The maximum atomic E-state index is 12.2. The summed E-state index contributed by atoms with van der Waals surface area (Å²) in [7, 11) is 0. The summed E-state index contributed by atoms with van der Waals surface area (Å²) in [6.07, 6.45) is 1.52. The number of anilines is 1. The average molecular weight is 273 g/mol. The molecule has 0 atom stereocenters. The second-order valence-electron chi connectivity index (χ2n) is 5.06. The van der Waals surface area contributed by atoms with Crippen molar-refractivity contribution in [1.82, 2.24) is 10.2 Å². The van der Waals surface area contributed by atoms with Gasteiger partial charge in [0.15, 0.2) is 0 Å². The minimum absolute atomic E-state index is 0.197. The molecule has 0 aliphatic carbocycles. The molecule has 0 unspecified atom stereocenters. The van der Waals surface area contributed by atoms with Crippen molar-refractivity contribution in [3.8, 4) is 5.75 Å². The van der Waals surface area contributed by atoms with Crippen LogP contribution in [0.15, 0.2) is 30.5 Å². The number of nitrogens with zero attached hydrogens (tertiary/aromatic N) is 1. The predicted octanol–water partition coefficient (Wildman–Crippen LogP) is 3.01. The minimum Gasteiger partial charge on any atom is -0.491 e. The Morgan fingerprint density at radius 2 is 2.15 bits per heavy atom. The minimum atomic E-state index is -0.197. The highest BCUT2D eigenvalue weighted by atomic mass is 16.5. The van der Waals surface area contributed by atoms with E-state index in [4.69, 9.17) is 4.74 Å². The number of ether oxygens (including phenoxy) is 1. The van der Waals surface area contributed by atoms with E-state index in [9.17, 15) is 4.79 Å². The molecule has 1 aromatic heterocycles. The highest BCUT2D eigenvalue weighted by Gasteiger charge is 2.13. The molecule has 0 aliphatic rings.